The van der Waals surface area contributed by atoms with Crippen LogP contribution in [0.5, 0.6) is 23.0 Å². The van der Waals surface area contributed by atoms with Gasteiger partial charge in [-0.2, -0.15) is 9.98 Å². The number of halogens is 4. The molecule has 0 aliphatic rings. The molecule has 0 heterocycles. The van der Waals surface area contributed by atoms with Crippen molar-refractivity contribution in [2.75, 3.05) is 6.54 Å². The van der Waals surface area contributed by atoms with Crippen molar-refractivity contribution >= 4 is 55.9 Å². The smallest absolute Gasteiger partial charge is 0.275 e. The molecular weight excluding hydrogens is 885 g/mol. The molecule has 0 aliphatic heterocycles. The highest BCUT2D eigenvalue weighted by Gasteiger charge is 2.34. The van der Waals surface area contributed by atoms with Crippen LogP contribution in [0, 0.1) is 28.7 Å². The van der Waals surface area contributed by atoms with E-state index in [1.165, 1.54) is 62.4 Å². The average Bonchev–Trinajstić information content (AvgIpc) is 3.16. The van der Waals surface area contributed by atoms with Gasteiger partial charge in [-0.1, -0.05) is 13.8 Å². The third-order valence-corrected chi connectivity index (χ3v) is 11.9. The van der Waals surface area contributed by atoms with Gasteiger partial charge in [0.1, 0.15) is 11.5 Å². The molecule has 10 N–H and O–H groups in total. The van der Waals surface area contributed by atoms with Gasteiger partial charge in [0.25, 0.3) is 11.8 Å². The number of hydrogen-bond donors (Lipinski definition) is 6. The quantitative estimate of drug-likeness (QED) is 0.0323. The molecule has 2 amide bonds. The van der Waals surface area contributed by atoms with Gasteiger partial charge in [-0.25, -0.2) is 43.8 Å². The van der Waals surface area contributed by atoms with E-state index in [0.717, 1.165) is 36.4 Å². The molecular formula is C42H46F4N8O8S2. The normalized spacial score (nSPS) is 12.7. The Kier molecular flexibility index (Phi) is 15.5. The molecule has 0 aliphatic carbocycles. The number of benzene rings is 4. The molecule has 4 aromatic carbocycles. The second kappa shape index (κ2) is 19.8. The lowest BCUT2D eigenvalue weighted by molar-refractivity contribution is -0.115. The van der Waals surface area contributed by atoms with Crippen LogP contribution in [0.4, 0.5) is 17.6 Å². The van der Waals surface area contributed by atoms with E-state index in [0.29, 0.717) is 0 Å². The summed E-state index contributed by atoms with van der Waals surface area (Å²) in [5, 5.41) is 0. The first-order chi connectivity index (χ1) is 29.6. The summed E-state index contributed by atoms with van der Waals surface area (Å²) in [5.41, 5.74) is 18.7. The summed E-state index contributed by atoms with van der Waals surface area (Å²) in [6.07, 6.45) is 2.47. The number of aliphatic imine (C=N–C) groups is 2. The number of carbonyl (C=O) groups is 2. The molecule has 0 spiro atoms. The lowest BCUT2D eigenvalue weighted by Crippen LogP contribution is -2.48. The number of nitrogens with one attached hydrogen (secondary N) is 2. The molecule has 0 saturated heterocycles. The Morgan fingerprint density at radius 3 is 1.31 bits per heavy atom. The SMILES string of the molecule is C/C(=C\c1cc(F)c(Oc2ccc(S(=O)(=O)NCC(C)(C)CC(C)(C)NS(=O)(=O)c3ccc(Oc4c(F)cc(/C=C(\C)C(=O)N=C(N)N)cc4F)cc3)cc2)c(F)c1)C(=O)N=C(N)N. The van der Waals surface area contributed by atoms with Crippen molar-refractivity contribution in [3.8, 4) is 23.0 Å². The number of rotatable bonds is 17. The minimum absolute atomic E-state index is 0.000911. The van der Waals surface area contributed by atoms with Crippen LogP contribution < -0.4 is 41.9 Å². The number of hydrogen-bond acceptors (Lipinski definition) is 8. The Morgan fingerprint density at radius 1 is 0.625 bits per heavy atom. The summed E-state index contributed by atoms with van der Waals surface area (Å²) in [5.74, 6) is -8.75. The number of guanidine groups is 2. The van der Waals surface area contributed by atoms with E-state index in [9.17, 15) is 44.0 Å². The maximum absolute atomic E-state index is 14.9. The third kappa shape index (κ3) is 13.9. The van der Waals surface area contributed by atoms with E-state index in [1.807, 2.05) is 0 Å². The van der Waals surface area contributed by atoms with Crippen LogP contribution in [0.1, 0.15) is 59.1 Å². The van der Waals surface area contributed by atoms with Crippen LogP contribution in [-0.2, 0) is 29.6 Å². The molecule has 0 saturated carbocycles. The minimum Gasteiger partial charge on any atom is -0.451 e. The summed E-state index contributed by atoms with van der Waals surface area (Å²) in [6, 6.07) is 13.1. The van der Waals surface area contributed by atoms with Gasteiger partial charge in [0.05, 0.1) is 9.79 Å². The Bertz CT molecular complexity index is 2740. The van der Waals surface area contributed by atoms with Crippen molar-refractivity contribution in [3.63, 3.8) is 0 Å². The zero-order valence-electron chi connectivity index (χ0n) is 35.3. The predicted octanol–water partition coefficient (Wildman–Crippen LogP) is 5.69. The molecule has 0 unspecified atom stereocenters. The molecule has 0 aromatic heterocycles. The van der Waals surface area contributed by atoms with Gasteiger partial charge in [-0.15, -0.1) is 0 Å². The molecule has 16 nitrogen and oxygen atoms in total. The zero-order valence-corrected chi connectivity index (χ0v) is 36.9. The second-order valence-corrected chi connectivity index (χ2v) is 19.2. The fourth-order valence-corrected chi connectivity index (χ4v) is 8.91. The van der Waals surface area contributed by atoms with Crippen molar-refractivity contribution in [2.45, 2.75) is 63.3 Å². The Morgan fingerprint density at radius 2 is 0.969 bits per heavy atom. The Hall–Kier alpha value is -6.62. The number of sulfonamides is 2. The van der Waals surface area contributed by atoms with E-state index in [2.05, 4.69) is 19.4 Å². The summed E-state index contributed by atoms with van der Waals surface area (Å²) >= 11 is 0. The van der Waals surface area contributed by atoms with E-state index in [4.69, 9.17) is 32.4 Å². The molecule has 0 radical (unpaired) electrons. The monoisotopic (exact) mass is 930 g/mol. The molecule has 0 bridgehead atoms. The molecule has 22 heteroatoms. The van der Waals surface area contributed by atoms with Crippen LogP contribution >= 0.6 is 0 Å². The standard InChI is InChI=1S/C42H46F4N8O8S2/c1-23(37(55)52-39(47)48)15-25-17-31(43)35(32(44)18-25)61-27-7-11-29(12-8-27)63(57,58)51-22-41(3,4)21-42(5,6)54-64(59,60)30-13-9-28(10-14-30)62-36-33(45)19-26(20-34(36)46)16-24(2)38(56)53-40(49)50/h7-20,51,54H,21-22H2,1-6H3,(H4,47,48,52,55)(H4,49,50,53,56)/b23-15+,24-16+. The van der Waals surface area contributed by atoms with Crippen molar-refractivity contribution < 1.29 is 53.5 Å². The van der Waals surface area contributed by atoms with Gasteiger partial charge in [0.2, 0.25) is 20.0 Å². The van der Waals surface area contributed by atoms with E-state index in [-0.39, 0.29) is 56.5 Å². The average molecular weight is 931 g/mol. The highest BCUT2D eigenvalue weighted by Crippen LogP contribution is 2.33. The summed E-state index contributed by atoms with van der Waals surface area (Å²) in [6.45, 7) is 9.21. The lowest BCUT2D eigenvalue weighted by Gasteiger charge is -2.35. The second-order valence-electron chi connectivity index (χ2n) is 15.8. The van der Waals surface area contributed by atoms with Crippen LogP contribution in [0.15, 0.2) is 104 Å². The van der Waals surface area contributed by atoms with Gasteiger partial charge in [-0.05, 0) is 136 Å². The van der Waals surface area contributed by atoms with Gasteiger partial charge in [0.15, 0.2) is 46.7 Å². The van der Waals surface area contributed by atoms with Crippen molar-refractivity contribution in [3.05, 3.63) is 118 Å². The fourth-order valence-electron chi connectivity index (χ4n) is 6.26. The maximum Gasteiger partial charge on any atom is 0.275 e. The van der Waals surface area contributed by atoms with Crippen molar-refractivity contribution in [2.24, 2.45) is 38.3 Å². The highest BCUT2D eigenvalue weighted by atomic mass is 32.2. The predicted molar refractivity (Wildman–Crippen MR) is 233 cm³/mol. The first-order valence-corrected chi connectivity index (χ1v) is 21.8. The van der Waals surface area contributed by atoms with E-state index in [1.54, 1.807) is 27.7 Å². The molecule has 0 atom stereocenters. The van der Waals surface area contributed by atoms with Crippen LogP contribution in [0.2, 0.25) is 0 Å². The molecule has 0 fully saturated rings. The number of amides is 2. The largest absolute Gasteiger partial charge is 0.451 e. The summed E-state index contributed by atoms with van der Waals surface area (Å²) in [4.78, 5) is 30.2. The summed E-state index contributed by atoms with van der Waals surface area (Å²) in [7, 11) is -8.35. The Balaban J connectivity index is 1.36. The number of ether oxygens (including phenoxy) is 2. The molecule has 64 heavy (non-hydrogen) atoms. The van der Waals surface area contributed by atoms with E-state index < -0.39 is 89.5 Å². The minimum atomic E-state index is -4.20. The van der Waals surface area contributed by atoms with Gasteiger partial charge in [-0.3, -0.25) is 9.59 Å². The number of carbonyl (C=O) groups excluding carboxylic acids is 2. The van der Waals surface area contributed by atoms with Crippen LogP contribution in [0.3, 0.4) is 0 Å². The Labute approximate surface area is 367 Å². The van der Waals surface area contributed by atoms with Gasteiger partial charge >= 0.3 is 0 Å². The number of nitrogens with zero attached hydrogens (tertiary/aromatic N) is 2. The third-order valence-electron chi connectivity index (χ3n) is 8.72. The van der Waals surface area contributed by atoms with Crippen molar-refractivity contribution in [1.29, 1.82) is 0 Å². The fraction of sp³-hybridized carbons (Fsp3) is 0.238. The first-order valence-electron chi connectivity index (χ1n) is 18.8. The van der Waals surface area contributed by atoms with E-state index >= 15 is 0 Å². The lowest BCUT2D eigenvalue weighted by atomic mass is 9.81. The van der Waals surface area contributed by atoms with Gasteiger partial charge in [0, 0.05) is 23.2 Å². The topological polar surface area (TPSA) is 274 Å². The summed E-state index contributed by atoms with van der Waals surface area (Å²) < 4.78 is 129. The highest BCUT2D eigenvalue weighted by molar-refractivity contribution is 7.89. The van der Waals surface area contributed by atoms with Crippen LogP contribution in [-0.4, -0.2) is 52.7 Å². The first kappa shape index (κ1) is 50.0. The molecule has 4 aromatic rings. The maximum atomic E-state index is 14.9. The van der Waals surface area contributed by atoms with Gasteiger partial charge < -0.3 is 32.4 Å². The number of nitrogens with two attached hydrogens (primary N) is 4. The molecule has 4 rings (SSSR count). The molecule has 342 valence electrons. The van der Waals surface area contributed by atoms with Crippen LogP contribution in [0.25, 0.3) is 12.2 Å². The van der Waals surface area contributed by atoms with Crippen molar-refractivity contribution in [1.82, 2.24) is 9.44 Å². The zero-order chi connectivity index (χ0) is 47.9.